The van der Waals surface area contributed by atoms with Crippen LogP contribution in [0.5, 0.6) is 23.0 Å². The molecule has 6 heteroatoms. The molecule has 0 radical (unpaired) electrons. The Morgan fingerprint density at radius 1 is 0.958 bits per heavy atom. The molecule has 0 aliphatic rings. The van der Waals surface area contributed by atoms with Crippen molar-refractivity contribution in [1.29, 1.82) is 0 Å². The van der Waals surface area contributed by atoms with E-state index >= 15 is 0 Å². The van der Waals surface area contributed by atoms with Crippen LogP contribution in [0.25, 0.3) is 0 Å². The van der Waals surface area contributed by atoms with Crippen molar-refractivity contribution in [1.82, 2.24) is 0 Å². The second-order valence-corrected chi connectivity index (χ2v) is 5.01. The van der Waals surface area contributed by atoms with E-state index in [1.54, 1.807) is 49.6 Å². The summed E-state index contributed by atoms with van der Waals surface area (Å²) in [6, 6.07) is 12.0. The van der Waals surface area contributed by atoms with Crippen molar-refractivity contribution in [3.05, 3.63) is 48.0 Å². The first kappa shape index (κ1) is 17.5. The molecule has 2 rings (SSSR count). The van der Waals surface area contributed by atoms with Crippen molar-refractivity contribution < 1.29 is 28.8 Å². The molecule has 0 amide bonds. The molecule has 0 spiro atoms. The monoisotopic (exact) mass is 332 g/mol. The van der Waals surface area contributed by atoms with Crippen molar-refractivity contribution in [3.8, 4) is 23.0 Å². The highest BCUT2D eigenvalue weighted by Gasteiger charge is 2.22. The molecular weight excluding hydrogens is 312 g/mol. The van der Waals surface area contributed by atoms with Gasteiger partial charge in [-0.25, -0.2) is 4.79 Å². The van der Waals surface area contributed by atoms with Crippen molar-refractivity contribution in [2.45, 2.75) is 12.5 Å². The molecule has 0 saturated heterocycles. The van der Waals surface area contributed by atoms with E-state index < -0.39 is 12.1 Å². The molecule has 128 valence electrons. The molecule has 0 aromatic heterocycles. The van der Waals surface area contributed by atoms with Crippen LogP contribution in [0.1, 0.15) is 5.56 Å². The number of carboxylic acid groups (broad SMARTS) is 1. The molecule has 0 aliphatic heterocycles. The summed E-state index contributed by atoms with van der Waals surface area (Å²) in [6.07, 6.45) is -0.939. The second kappa shape index (κ2) is 8.10. The third kappa shape index (κ3) is 4.32. The molecule has 6 nitrogen and oxygen atoms in total. The fourth-order valence-electron chi connectivity index (χ4n) is 2.26. The minimum atomic E-state index is -1.07. The lowest BCUT2D eigenvalue weighted by Crippen LogP contribution is -2.29. The normalized spacial score (nSPS) is 11.5. The smallest absolute Gasteiger partial charge is 0.345 e. The first-order chi connectivity index (χ1) is 11.6. The Labute approximate surface area is 140 Å². The summed E-state index contributed by atoms with van der Waals surface area (Å²) in [6.45, 7) is 0. The summed E-state index contributed by atoms with van der Waals surface area (Å²) in [7, 11) is 4.62. The topological polar surface area (TPSA) is 74.2 Å². The molecule has 24 heavy (non-hydrogen) atoms. The van der Waals surface area contributed by atoms with Gasteiger partial charge in [0, 0.05) is 18.1 Å². The van der Waals surface area contributed by atoms with Gasteiger partial charge in [-0.3, -0.25) is 0 Å². The largest absolute Gasteiger partial charge is 0.497 e. The number of methoxy groups -OCH3 is 3. The third-order valence-corrected chi connectivity index (χ3v) is 3.49. The van der Waals surface area contributed by atoms with Crippen LogP contribution in [-0.4, -0.2) is 38.5 Å². The lowest BCUT2D eigenvalue weighted by Gasteiger charge is -2.17. The number of carboxylic acids is 1. The van der Waals surface area contributed by atoms with E-state index in [1.807, 2.05) is 0 Å². The molecule has 0 heterocycles. The summed E-state index contributed by atoms with van der Waals surface area (Å²) in [5.74, 6) is 1.15. The standard InChI is InChI=1S/C18H20O6/c1-21-13-5-4-6-15(11-13)24-17(18(19)20)10-12-9-14(22-2)7-8-16(12)23-3/h4-9,11,17H,10H2,1-3H3,(H,19,20)/t17-/m0/s1. The van der Waals surface area contributed by atoms with Crippen LogP contribution in [-0.2, 0) is 11.2 Å². The second-order valence-electron chi connectivity index (χ2n) is 5.01. The van der Waals surface area contributed by atoms with Crippen LogP contribution in [0, 0.1) is 0 Å². The maximum Gasteiger partial charge on any atom is 0.345 e. The van der Waals surface area contributed by atoms with Crippen LogP contribution in [0.3, 0.4) is 0 Å². The van der Waals surface area contributed by atoms with Crippen LogP contribution in [0.4, 0.5) is 0 Å². The Morgan fingerprint density at radius 3 is 2.25 bits per heavy atom. The van der Waals surface area contributed by atoms with Gasteiger partial charge in [0.15, 0.2) is 6.10 Å². The Bertz CT molecular complexity index is 698. The zero-order valence-corrected chi connectivity index (χ0v) is 13.8. The Hall–Kier alpha value is -2.89. The minimum absolute atomic E-state index is 0.132. The molecule has 0 saturated carbocycles. The van der Waals surface area contributed by atoms with Gasteiger partial charge in [-0.1, -0.05) is 6.07 Å². The predicted octanol–water partition coefficient (Wildman–Crippen LogP) is 2.79. The third-order valence-electron chi connectivity index (χ3n) is 3.49. The van der Waals surface area contributed by atoms with Gasteiger partial charge in [-0.2, -0.15) is 0 Å². The minimum Gasteiger partial charge on any atom is -0.497 e. The Kier molecular flexibility index (Phi) is 5.89. The number of aliphatic carboxylic acids is 1. The lowest BCUT2D eigenvalue weighted by atomic mass is 10.1. The molecule has 1 atom stereocenters. The zero-order chi connectivity index (χ0) is 17.5. The van der Waals surface area contributed by atoms with Crippen LogP contribution < -0.4 is 18.9 Å². The van der Waals surface area contributed by atoms with Crippen molar-refractivity contribution in [3.63, 3.8) is 0 Å². The van der Waals surface area contributed by atoms with Crippen molar-refractivity contribution in [2.24, 2.45) is 0 Å². The number of carbonyl (C=O) groups is 1. The lowest BCUT2D eigenvalue weighted by molar-refractivity contribution is -0.145. The summed E-state index contributed by atoms with van der Waals surface area (Å²) < 4.78 is 21.2. The van der Waals surface area contributed by atoms with Gasteiger partial charge in [-0.05, 0) is 30.3 Å². The van der Waals surface area contributed by atoms with E-state index in [2.05, 4.69) is 0 Å². The molecule has 0 fully saturated rings. The number of ether oxygens (including phenoxy) is 4. The number of benzene rings is 2. The highest BCUT2D eigenvalue weighted by Crippen LogP contribution is 2.27. The quantitative estimate of drug-likeness (QED) is 0.801. The average molecular weight is 332 g/mol. The van der Waals surface area contributed by atoms with Gasteiger partial charge in [0.05, 0.1) is 21.3 Å². The van der Waals surface area contributed by atoms with Gasteiger partial charge in [-0.15, -0.1) is 0 Å². The maximum atomic E-state index is 11.6. The van der Waals surface area contributed by atoms with Crippen LogP contribution >= 0.6 is 0 Å². The number of hydrogen-bond donors (Lipinski definition) is 1. The van der Waals surface area contributed by atoms with Crippen molar-refractivity contribution >= 4 is 5.97 Å². The van der Waals surface area contributed by atoms with Crippen LogP contribution in [0.2, 0.25) is 0 Å². The summed E-state index contributed by atoms with van der Waals surface area (Å²) in [5, 5.41) is 9.48. The fourth-order valence-corrected chi connectivity index (χ4v) is 2.26. The van der Waals surface area contributed by atoms with Gasteiger partial charge in [0.25, 0.3) is 0 Å². The fraction of sp³-hybridized carbons (Fsp3) is 0.278. The van der Waals surface area contributed by atoms with Crippen LogP contribution in [0.15, 0.2) is 42.5 Å². The van der Waals surface area contributed by atoms with Gasteiger partial charge in [0.1, 0.15) is 23.0 Å². The Balaban J connectivity index is 2.24. The highest BCUT2D eigenvalue weighted by atomic mass is 16.5. The summed E-state index contributed by atoms with van der Waals surface area (Å²) >= 11 is 0. The SMILES string of the molecule is COc1cccc(O[C@@H](Cc2cc(OC)ccc2OC)C(=O)O)c1. The molecular formula is C18H20O6. The Morgan fingerprint density at radius 2 is 1.62 bits per heavy atom. The molecule has 0 unspecified atom stereocenters. The van der Waals surface area contributed by atoms with E-state index in [-0.39, 0.29) is 6.42 Å². The molecule has 0 bridgehead atoms. The van der Waals surface area contributed by atoms with E-state index in [4.69, 9.17) is 18.9 Å². The zero-order valence-electron chi connectivity index (χ0n) is 13.8. The molecule has 2 aromatic carbocycles. The first-order valence-corrected chi connectivity index (χ1v) is 7.31. The summed E-state index contributed by atoms with van der Waals surface area (Å²) in [5.41, 5.74) is 0.687. The van der Waals surface area contributed by atoms with E-state index in [9.17, 15) is 9.90 Å². The number of rotatable bonds is 8. The highest BCUT2D eigenvalue weighted by molar-refractivity contribution is 5.73. The van der Waals surface area contributed by atoms with Gasteiger partial charge < -0.3 is 24.1 Å². The van der Waals surface area contributed by atoms with E-state index in [0.29, 0.717) is 28.6 Å². The first-order valence-electron chi connectivity index (χ1n) is 7.31. The summed E-state index contributed by atoms with van der Waals surface area (Å²) in [4.78, 5) is 11.6. The van der Waals surface area contributed by atoms with Crippen molar-refractivity contribution in [2.75, 3.05) is 21.3 Å². The van der Waals surface area contributed by atoms with Gasteiger partial charge >= 0.3 is 5.97 Å². The molecule has 1 N–H and O–H groups in total. The van der Waals surface area contributed by atoms with E-state index in [0.717, 1.165) is 0 Å². The predicted molar refractivity (Wildman–Crippen MR) is 88.3 cm³/mol. The molecule has 0 aliphatic carbocycles. The maximum absolute atomic E-state index is 11.6. The molecule has 2 aromatic rings. The van der Waals surface area contributed by atoms with E-state index in [1.165, 1.54) is 14.2 Å². The average Bonchev–Trinajstić information content (AvgIpc) is 2.61. The number of hydrogen-bond acceptors (Lipinski definition) is 5. The van der Waals surface area contributed by atoms with Gasteiger partial charge in [0.2, 0.25) is 0 Å².